The van der Waals surface area contributed by atoms with E-state index in [1.165, 1.54) is 11.1 Å². The van der Waals surface area contributed by atoms with E-state index in [2.05, 4.69) is 56.0 Å². The predicted octanol–water partition coefficient (Wildman–Crippen LogP) is 3.37. The van der Waals surface area contributed by atoms with Gasteiger partial charge in [0.25, 0.3) is 0 Å². The Morgan fingerprint density at radius 1 is 1.29 bits per heavy atom. The van der Waals surface area contributed by atoms with Gasteiger partial charge in [-0.1, -0.05) is 38.1 Å². The highest BCUT2D eigenvalue weighted by Crippen LogP contribution is 2.12. The largest absolute Gasteiger partial charge is 0.298 e. The molecular formula is C15H22N2. The van der Waals surface area contributed by atoms with Gasteiger partial charge in [0.2, 0.25) is 0 Å². The first kappa shape index (κ1) is 13.7. The average Bonchev–Trinajstić information content (AvgIpc) is 2.28. The van der Waals surface area contributed by atoms with E-state index in [9.17, 15) is 0 Å². The quantitative estimate of drug-likeness (QED) is 0.749. The van der Waals surface area contributed by atoms with Gasteiger partial charge in [0.15, 0.2) is 0 Å². The highest BCUT2D eigenvalue weighted by atomic mass is 15.1. The molecule has 1 aromatic rings. The number of nitrogens with zero attached hydrogens (tertiary/aromatic N) is 2. The summed E-state index contributed by atoms with van der Waals surface area (Å²) in [7, 11) is 0. The van der Waals surface area contributed by atoms with Crippen LogP contribution in [0, 0.1) is 24.2 Å². The minimum Gasteiger partial charge on any atom is -0.298 e. The second-order valence-electron chi connectivity index (χ2n) is 4.96. The van der Waals surface area contributed by atoms with Gasteiger partial charge in [-0.05, 0) is 24.0 Å². The number of hydrogen-bond acceptors (Lipinski definition) is 2. The van der Waals surface area contributed by atoms with Crippen LogP contribution in [-0.2, 0) is 6.54 Å². The minimum atomic E-state index is 0.610. The van der Waals surface area contributed by atoms with Crippen LogP contribution in [0.15, 0.2) is 24.3 Å². The summed E-state index contributed by atoms with van der Waals surface area (Å²) >= 11 is 0. The maximum absolute atomic E-state index is 8.69. The van der Waals surface area contributed by atoms with Crippen LogP contribution >= 0.6 is 0 Å². The van der Waals surface area contributed by atoms with Crippen molar-refractivity contribution in [2.24, 2.45) is 5.92 Å². The van der Waals surface area contributed by atoms with Crippen molar-refractivity contribution in [3.63, 3.8) is 0 Å². The predicted molar refractivity (Wildman–Crippen MR) is 71.5 cm³/mol. The molecule has 17 heavy (non-hydrogen) atoms. The Morgan fingerprint density at radius 2 is 2.00 bits per heavy atom. The molecule has 0 amide bonds. The Balaban J connectivity index is 2.65. The summed E-state index contributed by atoms with van der Waals surface area (Å²) in [4.78, 5) is 2.37. The summed E-state index contributed by atoms with van der Waals surface area (Å²) < 4.78 is 0. The fraction of sp³-hybridized carbons (Fsp3) is 0.533. The minimum absolute atomic E-state index is 0.610. The zero-order valence-electron chi connectivity index (χ0n) is 11.1. The lowest BCUT2D eigenvalue weighted by atomic mass is 10.1. The van der Waals surface area contributed by atoms with Crippen molar-refractivity contribution < 1.29 is 0 Å². The monoisotopic (exact) mass is 230 g/mol. The summed E-state index contributed by atoms with van der Waals surface area (Å²) in [5, 5.41) is 8.69. The maximum atomic E-state index is 8.69. The fourth-order valence-electron chi connectivity index (χ4n) is 1.99. The molecule has 0 radical (unpaired) electrons. The third kappa shape index (κ3) is 5.01. The molecule has 92 valence electrons. The molecule has 0 heterocycles. The highest BCUT2D eigenvalue weighted by molar-refractivity contribution is 5.25. The van der Waals surface area contributed by atoms with E-state index >= 15 is 0 Å². The summed E-state index contributed by atoms with van der Waals surface area (Å²) in [5.41, 5.74) is 2.70. The Labute approximate surface area is 105 Å². The van der Waals surface area contributed by atoms with Crippen molar-refractivity contribution in [2.45, 2.75) is 33.7 Å². The molecule has 0 fully saturated rings. The van der Waals surface area contributed by atoms with E-state index in [1.54, 1.807) is 0 Å². The third-order valence-corrected chi connectivity index (χ3v) is 2.82. The molecule has 0 saturated carbocycles. The van der Waals surface area contributed by atoms with Gasteiger partial charge >= 0.3 is 0 Å². The van der Waals surface area contributed by atoms with Crippen LogP contribution in [0.3, 0.4) is 0 Å². The number of aryl methyl sites for hydroxylation is 1. The molecule has 0 spiro atoms. The SMILES string of the molecule is Cc1ccccc1CN(CCC#N)CC(C)C. The van der Waals surface area contributed by atoms with Crippen molar-refractivity contribution in [3.8, 4) is 6.07 Å². The van der Waals surface area contributed by atoms with Crippen molar-refractivity contribution in [2.75, 3.05) is 13.1 Å². The number of hydrogen-bond donors (Lipinski definition) is 0. The molecule has 0 N–H and O–H groups in total. The lowest BCUT2D eigenvalue weighted by Gasteiger charge is -2.24. The Morgan fingerprint density at radius 3 is 2.59 bits per heavy atom. The Bertz CT molecular complexity index is 377. The third-order valence-electron chi connectivity index (χ3n) is 2.82. The zero-order valence-corrected chi connectivity index (χ0v) is 11.1. The second kappa shape index (κ2) is 7.09. The number of rotatable bonds is 6. The maximum Gasteiger partial charge on any atom is 0.0635 e. The summed E-state index contributed by atoms with van der Waals surface area (Å²) in [6.45, 7) is 9.45. The lowest BCUT2D eigenvalue weighted by molar-refractivity contribution is 0.241. The van der Waals surface area contributed by atoms with Gasteiger partial charge in [-0.15, -0.1) is 0 Å². The number of nitriles is 1. The van der Waals surface area contributed by atoms with Crippen LogP contribution in [-0.4, -0.2) is 18.0 Å². The molecule has 0 bridgehead atoms. The van der Waals surface area contributed by atoms with Gasteiger partial charge in [0.05, 0.1) is 6.07 Å². The first-order valence-corrected chi connectivity index (χ1v) is 6.27. The summed E-state index contributed by atoms with van der Waals surface area (Å²) in [6.07, 6.45) is 0.610. The molecule has 0 saturated heterocycles. The van der Waals surface area contributed by atoms with Crippen LogP contribution in [0.5, 0.6) is 0 Å². The van der Waals surface area contributed by atoms with Gasteiger partial charge in [-0.3, -0.25) is 4.90 Å². The normalized spacial score (nSPS) is 10.8. The molecular weight excluding hydrogens is 208 g/mol. The van der Waals surface area contributed by atoms with E-state index in [1.807, 2.05) is 0 Å². The molecule has 0 aromatic heterocycles. The van der Waals surface area contributed by atoms with Crippen LogP contribution < -0.4 is 0 Å². The van der Waals surface area contributed by atoms with Gasteiger partial charge in [0, 0.05) is 26.1 Å². The molecule has 0 aliphatic rings. The Kier molecular flexibility index (Phi) is 5.72. The zero-order chi connectivity index (χ0) is 12.7. The molecule has 2 nitrogen and oxygen atoms in total. The van der Waals surface area contributed by atoms with Crippen LogP contribution in [0.25, 0.3) is 0 Å². The van der Waals surface area contributed by atoms with E-state index in [0.717, 1.165) is 19.6 Å². The smallest absolute Gasteiger partial charge is 0.0635 e. The molecule has 0 aliphatic carbocycles. The number of benzene rings is 1. The van der Waals surface area contributed by atoms with Crippen molar-refractivity contribution >= 4 is 0 Å². The van der Waals surface area contributed by atoms with E-state index in [0.29, 0.717) is 12.3 Å². The first-order chi connectivity index (χ1) is 8.13. The molecule has 0 atom stereocenters. The molecule has 0 aliphatic heterocycles. The van der Waals surface area contributed by atoms with Crippen LogP contribution in [0.1, 0.15) is 31.4 Å². The summed E-state index contributed by atoms with van der Waals surface area (Å²) in [5.74, 6) is 0.637. The van der Waals surface area contributed by atoms with Crippen molar-refractivity contribution in [1.29, 1.82) is 5.26 Å². The first-order valence-electron chi connectivity index (χ1n) is 6.27. The van der Waals surface area contributed by atoms with Crippen LogP contribution in [0.2, 0.25) is 0 Å². The molecule has 1 rings (SSSR count). The lowest BCUT2D eigenvalue weighted by Crippen LogP contribution is -2.28. The summed E-state index contributed by atoms with van der Waals surface area (Å²) in [6, 6.07) is 10.7. The van der Waals surface area contributed by atoms with E-state index < -0.39 is 0 Å². The molecule has 1 aromatic carbocycles. The van der Waals surface area contributed by atoms with E-state index in [-0.39, 0.29) is 0 Å². The van der Waals surface area contributed by atoms with Crippen LogP contribution in [0.4, 0.5) is 0 Å². The average molecular weight is 230 g/mol. The van der Waals surface area contributed by atoms with E-state index in [4.69, 9.17) is 5.26 Å². The second-order valence-corrected chi connectivity index (χ2v) is 4.96. The standard InChI is InChI=1S/C15H22N2/c1-13(2)11-17(10-6-9-16)12-15-8-5-4-7-14(15)3/h4-5,7-8,13H,6,10-12H2,1-3H3. The molecule has 2 heteroatoms. The fourth-order valence-corrected chi connectivity index (χ4v) is 1.99. The Hall–Kier alpha value is -1.33. The highest BCUT2D eigenvalue weighted by Gasteiger charge is 2.09. The molecule has 0 unspecified atom stereocenters. The van der Waals surface area contributed by atoms with Gasteiger partial charge < -0.3 is 0 Å². The van der Waals surface area contributed by atoms with Crippen molar-refractivity contribution in [3.05, 3.63) is 35.4 Å². The topological polar surface area (TPSA) is 27.0 Å². The van der Waals surface area contributed by atoms with Gasteiger partial charge in [-0.25, -0.2) is 0 Å². The van der Waals surface area contributed by atoms with Gasteiger partial charge in [0.1, 0.15) is 0 Å². The van der Waals surface area contributed by atoms with Gasteiger partial charge in [-0.2, -0.15) is 5.26 Å². The van der Waals surface area contributed by atoms with Crippen molar-refractivity contribution in [1.82, 2.24) is 4.90 Å².